The molecule has 0 radical (unpaired) electrons. The number of rotatable bonds is 3. The van der Waals surface area contributed by atoms with E-state index in [1.54, 1.807) is 13.8 Å². The first-order valence-electron chi connectivity index (χ1n) is 6.63. The second kappa shape index (κ2) is 5.93. The zero-order valence-corrected chi connectivity index (χ0v) is 11.8. The molecule has 1 aliphatic rings. The van der Waals surface area contributed by atoms with Gasteiger partial charge in [-0.2, -0.15) is 0 Å². The Bertz CT molecular complexity index is 523. The van der Waals surface area contributed by atoms with E-state index in [1.807, 2.05) is 0 Å². The summed E-state index contributed by atoms with van der Waals surface area (Å²) in [5, 5.41) is 2.13. The number of ether oxygens (including phenoxy) is 1. The highest BCUT2D eigenvalue weighted by atomic mass is 19.3. The number of amides is 1. The SMILES string of the molecule is CC(C)N1C[C@H](OC(=O)Nc2ccccc2F)C(F)(F)C1. The molecule has 1 N–H and O–H groups in total. The Morgan fingerprint density at radius 3 is 2.67 bits per heavy atom. The molecule has 21 heavy (non-hydrogen) atoms. The van der Waals surface area contributed by atoms with Gasteiger partial charge in [-0.1, -0.05) is 12.1 Å². The molecule has 1 aromatic rings. The van der Waals surface area contributed by atoms with Gasteiger partial charge in [-0.15, -0.1) is 0 Å². The monoisotopic (exact) mass is 302 g/mol. The third kappa shape index (κ3) is 3.66. The number of nitrogens with zero attached hydrogens (tertiary/aromatic N) is 1. The van der Waals surface area contributed by atoms with Crippen molar-refractivity contribution < 1.29 is 22.7 Å². The summed E-state index contributed by atoms with van der Waals surface area (Å²) < 4.78 is 45.7. The van der Waals surface area contributed by atoms with Crippen LogP contribution in [0.4, 0.5) is 23.7 Å². The number of carbonyl (C=O) groups excluding carboxylic acids is 1. The van der Waals surface area contributed by atoms with E-state index in [2.05, 4.69) is 5.32 Å². The molecular formula is C14H17F3N2O2. The van der Waals surface area contributed by atoms with Gasteiger partial charge in [-0.3, -0.25) is 10.2 Å². The molecule has 1 amide bonds. The van der Waals surface area contributed by atoms with Crippen LogP contribution in [0.15, 0.2) is 24.3 Å². The molecule has 0 spiro atoms. The maximum atomic E-state index is 13.8. The summed E-state index contributed by atoms with van der Waals surface area (Å²) in [6.07, 6.45) is -2.62. The first-order valence-corrected chi connectivity index (χ1v) is 6.63. The number of carbonyl (C=O) groups is 1. The molecule has 116 valence electrons. The van der Waals surface area contributed by atoms with E-state index in [0.29, 0.717) is 0 Å². The molecule has 7 heteroatoms. The number of nitrogens with one attached hydrogen (secondary N) is 1. The number of likely N-dealkylation sites (tertiary alicyclic amines) is 1. The number of anilines is 1. The molecule has 0 aliphatic carbocycles. The number of benzene rings is 1. The minimum Gasteiger partial charge on any atom is -0.438 e. The average molecular weight is 302 g/mol. The molecule has 0 saturated carbocycles. The van der Waals surface area contributed by atoms with Gasteiger partial charge >= 0.3 is 6.09 Å². The third-order valence-electron chi connectivity index (χ3n) is 3.38. The Labute approximate surface area is 120 Å². The summed E-state index contributed by atoms with van der Waals surface area (Å²) >= 11 is 0. The lowest BCUT2D eigenvalue weighted by molar-refractivity contribution is -0.0755. The minimum absolute atomic E-state index is 0.0463. The molecule has 1 atom stereocenters. The summed E-state index contributed by atoms with van der Waals surface area (Å²) in [7, 11) is 0. The van der Waals surface area contributed by atoms with E-state index >= 15 is 0 Å². The van der Waals surface area contributed by atoms with Crippen LogP contribution in [0.3, 0.4) is 0 Å². The predicted molar refractivity (Wildman–Crippen MR) is 71.9 cm³/mol. The maximum absolute atomic E-state index is 13.8. The van der Waals surface area contributed by atoms with Gasteiger partial charge in [0.05, 0.1) is 12.2 Å². The Morgan fingerprint density at radius 1 is 1.43 bits per heavy atom. The molecule has 0 unspecified atom stereocenters. The van der Waals surface area contributed by atoms with Crippen molar-refractivity contribution in [3.05, 3.63) is 30.1 Å². The van der Waals surface area contributed by atoms with Crippen molar-refractivity contribution in [3.63, 3.8) is 0 Å². The summed E-state index contributed by atoms with van der Waals surface area (Å²) in [4.78, 5) is 13.2. The van der Waals surface area contributed by atoms with Gasteiger partial charge in [0.1, 0.15) is 5.82 Å². The molecule has 0 aromatic heterocycles. The van der Waals surface area contributed by atoms with Gasteiger partial charge in [-0.25, -0.2) is 18.0 Å². The predicted octanol–water partition coefficient (Wildman–Crippen LogP) is 3.10. The molecule has 1 saturated heterocycles. The van der Waals surface area contributed by atoms with Crippen LogP contribution in [-0.4, -0.2) is 42.2 Å². The quantitative estimate of drug-likeness (QED) is 0.933. The summed E-state index contributed by atoms with van der Waals surface area (Å²) in [6, 6.07) is 5.38. The summed E-state index contributed by atoms with van der Waals surface area (Å²) in [5.74, 6) is -3.77. The zero-order chi connectivity index (χ0) is 15.6. The van der Waals surface area contributed by atoms with Crippen LogP contribution >= 0.6 is 0 Å². The van der Waals surface area contributed by atoms with Gasteiger partial charge in [-0.05, 0) is 26.0 Å². The standard InChI is InChI=1S/C14H17F3N2O2/c1-9(2)19-7-12(14(16,17)8-19)21-13(20)18-11-6-4-3-5-10(11)15/h3-6,9,12H,7-8H2,1-2H3,(H,18,20)/t12-/m0/s1. The smallest absolute Gasteiger partial charge is 0.412 e. The first-order chi connectivity index (χ1) is 9.79. The van der Waals surface area contributed by atoms with Gasteiger partial charge in [0.25, 0.3) is 5.92 Å². The number of hydrogen-bond donors (Lipinski definition) is 1. The number of hydrogen-bond acceptors (Lipinski definition) is 3. The van der Waals surface area contributed by atoms with E-state index in [0.717, 1.165) is 6.07 Å². The fourth-order valence-corrected chi connectivity index (χ4v) is 2.13. The van der Waals surface area contributed by atoms with Gasteiger partial charge in [0, 0.05) is 12.6 Å². The number of halogens is 3. The highest BCUT2D eigenvalue weighted by Gasteiger charge is 2.51. The lowest BCUT2D eigenvalue weighted by Gasteiger charge is -2.19. The minimum atomic E-state index is -3.11. The van der Waals surface area contributed by atoms with Crippen LogP contribution in [-0.2, 0) is 4.74 Å². The van der Waals surface area contributed by atoms with Crippen molar-refractivity contribution in [1.29, 1.82) is 0 Å². The van der Waals surface area contributed by atoms with Crippen LogP contribution in [0.25, 0.3) is 0 Å². The lowest BCUT2D eigenvalue weighted by Crippen LogP contribution is -2.37. The first kappa shape index (κ1) is 15.6. The van der Waals surface area contributed by atoms with E-state index in [1.165, 1.54) is 23.1 Å². The van der Waals surface area contributed by atoms with Gasteiger partial charge in [0.2, 0.25) is 0 Å². The molecule has 4 nitrogen and oxygen atoms in total. The Hall–Kier alpha value is -1.76. The zero-order valence-electron chi connectivity index (χ0n) is 11.8. The topological polar surface area (TPSA) is 41.6 Å². The Kier molecular flexibility index (Phi) is 4.41. The van der Waals surface area contributed by atoms with Crippen LogP contribution in [0.5, 0.6) is 0 Å². The van der Waals surface area contributed by atoms with E-state index in [-0.39, 0.29) is 18.3 Å². The summed E-state index contributed by atoms with van der Waals surface area (Å²) in [5.41, 5.74) is -0.107. The fraction of sp³-hybridized carbons (Fsp3) is 0.500. The summed E-state index contributed by atoms with van der Waals surface area (Å²) in [6.45, 7) is 3.08. The molecular weight excluding hydrogens is 285 g/mol. The lowest BCUT2D eigenvalue weighted by atomic mass is 10.2. The van der Waals surface area contributed by atoms with Crippen LogP contribution in [0, 0.1) is 5.82 Å². The highest BCUT2D eigenvalue weighted by molar-refractivity contribution is 5.84. The van der Waals surface area contributed by atoms with Crippen LogP contribution in [0.2, 0.25) is 0 Å². The van der Waals surface area contributed by atoms with Crippen molar-refractivity contribution in [1.82, 2.24) is 4.90 Å². The molecule has 1 fully saturated rings. The number of alkyl halides is 2. The van der Waals surface area contributed by atoms with E-state index in [9.17, 15) is 18.0 Å². The van der Waals surface area contributed by atoms with Crippen molar-refractivity contribution in [2.45, 2.75) is 31.9 Å². The van der Waals surface area contributed by atoms with Crippen molar-refractivity contribution in [3.8, 4) is 0 Å². The Morgan fingerprint density at radius 2 is 2.10 bits per heavy atom. The molecule has 2 rings (SSSR count). The Balaban J connectivity index is 1.98. The third-order valence-corrected chi connectivity index (χ3v) is 3.38. The highest BCUT2D eigenvalue weighted by Crippen LogP contribution is 2.31. The average Bonchev–Trinajstić information content (AvgIpc) is 2.68. The van der Waals surface area contributed by atoms with E-state index in [4.69, 9.17) is 4.74 Å². The molecule has 1 aliphatic heterocycles. The molecule has 1 heterocycles. The normalized spacial score (nSPS) is 21.5. The van der Waals surface area contributed by atoms with Crippen molar-refractivity contribution in [2.75, 3.05) is 18.4 Å². The van der Waals surface area contributed by atoms with Gasteiger partial charge in [0.15, 0.2) is 6.10 Å². The molecule has 0 bridgehead atoms. The van der Waals surface area contributed by atoms with Crippen molar-refractivity contribution >= 4 is 11.8 Å². The van der Waals surface area contributed by atoms with E-state index < -0.39 is 30.5 Å². The van der Waals surface area contributed by atoms with Crippen molar-refractivity contribution in [2.24, 2.45) is 0 Å². The fourth-order valence-electron chi connectivity index (χ4n) is 2.13. The number of para-hydroxylation sites is 1. The second-order valence-corrected chi connectivity index (χ2v) is 5.28. The molecule has 1 aromatic carbocycles. The largest absolute Gasteiger partial charge is 0.438 e. The van der Waals surface area contributed by atoms with Crippen LogP contribution in [0.1, 0.15) is 13.8 Å². The maximum Gasteiger partial charge on any atom is 0.412 e. The second-order valence-electron chi connectivity index (χ2n) is 5.28. The van der Waals surface area contributed by atoms with Crippen LogP contribution < -0.4 is 5.32 Å². The van der Waals surface area contributed by atoms with Gasteiger partial charge < -0.3 is 4.74 Å².